The first-order valence-corrected chi connectivity index (χ1v) is 12.4. The van der Waals surface area contributed by atoms with Crippen molar-refractivity contribution in [2.45, 2.75) is 13.1 Å². The predicted octanol–water partition coefficient (Wildman–Crippen LogP) is 4.82. The molecule has 3 aromatic carbocycles. The zero-order chi connectivity index (χ0) is 24.6. The molecule has 1 N–H and O–H groups in total. The fraction of sp³-hybridized carbons (Fsp3) is 0.233. The summed E-state index contributed by atoms with van der Waals surface area (Å²) in [6, 6.07) is 21.9. The number of aromatic hydroxyl groups is 1. The van der Waals surface area contributed by atoms with Gasteiger partial charge < -0.3 is 14.4 Å². The van der Waals surface area contributed by atoms with Crippen LogP contribution in [0.25, 0.3) is 17.0 Å². The van der Waals surface area contributed by atoms with Crippen molar-refractivity contribution >= 4 is 22.8 Å². The van der Waals surface area contributed by atoms with Crippen LogP contribution in [0.1, 0.15) is 27.0 Å². The maximum absolute atomic E-state index is 13.2. The highest BCUT2D eigenvalue weighted by molar-refractivity contribution is 6.15. The number of para-hydroxylation sites is 1. The molecule has 2 aliphatic heterocycles. The Balaban J connectivity index is 1.20. The van der Waals surface area contributed by atoms with E-state index in [2.05, 4.69) is 40.1 Å². The Kier molecular flexibility index (Phi) is 5.83. The number of ether oxygens (including phenoxy) is 1. The molecule has 1 aromatic heterocycles. The lowest BCUT2D eigenvalue weighted by Crippen LogP contribution is -2.45. The molecule has 0 amide bonds. The molecule has 0 unspecified atom stereocenters. The molecular formula is C30H29N3O3. The van der Waals surface area contributed by atoms with E-state index in [-0.39, 0.29) is 11.5 Å². The maximum atomic E-state index is 13.2. The van der Waals surface area contributed by atoms with Crippen molar-refractivity contribution in [3.8, 4) is 11.5 Å². The molecule has 4 aromatic rings. The standard InChI is InChI=1S/C30H29N3O3/c1-31-19-22(23-9-5-6-10-26(23)31)17-28-29(35)24-11-12-27(34)25(30(24)36-28)20-33-15-13-32(14-16-33)18-21-7-3-2-4-8-21/h2-12,17,19,34H,13-16,18,20H2,1H3/b28-17-. The number of carbonyl (C=O) groups is 1. The number of fused-ring (bicyclic) bond motifs is 2. The molecule has 0 saturated carbocycles. The SMILES string of the molecule is Cn1cc(/C=C2\Oc3c(ccc(O)c3CN3CCN(Cc4ccccc4)CC3)C2=O)c2ccccc21. The average molecular weight is 480 g/mol. The quantitative estimate of drug-likeness (QED) is 0.416. The Morgan fingerprint density at radius 1 is 0.889 bits per heavy atom. The molecule has 36 heavy (non-hydrogen) atoms. The Bertz CT molecular complexity index is 1460. The molecule has 0 spiro atoms. The molecular weight excluding hydrogens is 450 g/mol. The summed E-state index contributed by atoms with van der Waals surface area (Å²) in [7, 11) is 1.99. The Labute approximate surface area is 210 Å². The number of ketones is 1. The van der Waals surface area contributed by atoms with Crippen molar-refractivity contribution in [3.63, 3.8) is 0 Å². The minimum Gasteiger partial charge on any atom is -0.507 e. The number of phenols is 1. The van der Waals surface area contributed by atoms with E-state index >= 15 is 0 Å². The van der Waals surface area contributed by atoms with Crippen LogP contribution < -0.4 is 4.74 Å². The Hall–Kier alpha value is -3.87. The van der Waals surface area contributed by atoms with Crippen LogP contribution >= 0.6 is 0 Å². The van der Waals surface area contributed by atoms with Gasteiger partial charge >= 0.3 is 0 Å². The van der Waals surface area contributed by atoms with Gasteiger partial charge in [-0.1, -0.05) is 48.5 Å². The van der Waals surface area contributed by atoms with Crippen molar-refractivity contribution < 1.29 is 14.6 Å². The van der Waals surface area contributed by atoms with Crippen molar-refractivity contribution in [3.05, 3.63) is 101 Å². The van der Waals surface area contributed by atoms with E-state index < -0.39 is 0 Å². The third-order valence-corrected chi connectivity index (χ3v) is 7.23. The van der Waals surface area contributed by atoms with Crippen LogP contribution in [0.15, 0.2) is 78.7 Å². The summed E-state index contributed by atoms with van der Waals surface area (Å²) >= 11 is 0. The van der Waals surface area contributed by atoms with Gasteiger partial charge in [0.1, 0.15) is 11.5 Å². The number of allylic oxidation sites excluding steroid dienone is 1. The molecule has 0 bridgehead atoms. The van der Waals surface area contributed by atoms with Crippen LogP contribution in [0.3, 0.4) is 0 Å². The summed E-state index contributed by atoms with van der Waals surface area (Å²) in [6.45, 7) is 5.18. The van der Waals surface area contributed by atoms with Crippen molar-refractivity contribution in [1.82, 2.24) is 14.4 Å². The van der Waals surface area contributed by atoms with E-state index in [1.54, 1.807) is 12.1 Å². The van der Waals surface area contributed by atoms with Gasteiger partial charge in [0.2, 0.25) is 5.78 Å². The van der Waals surface area contributed by atoms with Crippen molar-refractivity contribution in [1.29, 1.82) is 0 Å². The number of hydrogen-bond acceptors (Lipinski definition) is 5. The van der Waals surface area contributed by atoms with Gasteiger partial charge in [-0.3, -0.25) is 14.6 Å². The maximum Gasteiger partial charge on any atom is 0.231 e. The first-order chi connectivity index (χ1) is 17.6. The van der Waals surface area contributed by atoms with Crippen LogP contribution in [0, 0.1) is 0 Å². The minimum atomic E-state index is -0.146. The summed E-state index contributed by atoms with van der Waals surface area (Å²) in [5.74, 6) is 0.797. The van der Waals surface area contributed by atoms with Crippen molar-refractivity contribution in [2.75, 3.05) is 26.2 Å². The Morgan fingerprint density at radius 2 is 1.58 bits per heavy atom. The van der Waals surface area contributed by atoms with Gasteiger partial charge in [0.05, 0.1) is 11.1 Å². The van der Waals surface area contributed by atoms with E-state index in [9.17, 15) is 9.90 Å². The number of benzene rings is 3. The zero-order valence-electron chi connectivity index (χ0n) is 20.4. The number of carbonyl (C=O) groups excluding carboxylic acids is 1. The van der Waals surface area contributed by atoms with Crippen LogP contribution in [0.5, 0.6) is 11.5 Å². The van der Waals surface area contributed by atoms with E-state index in [4.69, 9.17) is 4.74 Å². The van der Waals surface area contributed by atoms with Gasteiger partial charge in [-0.05, 0) is 29.8 Å². The monoisotopic (exact) mass is 479 g/mol. The number of phenolic OH excluding ortho intramolecular Hbond substituents is 1. The lowest BCUT2D eigenvalue weighted by atomic mass is 10.0. The van der Waals surface area contributed by atoms with Crippen LogP contribution in [-0.4, -0.2) is 51.4 Å². The van der Waals surface area contributed by atoms with Crippen LogP contribution in [-0.2, 0) is 20.1 Å². The first kappa shape index (κ1) is 22.6. The van der Waals surface area contributed by atoms with Gasteiger partial charge in [0, 0.05) is 69.0 Å². The minimum absolute atomic E-state index is 0.146. The molecule has 1 saturated heterocycles. The third-order valence-electron chi connectivity index (χ3n) is 7.23. The molecule has 3 heterocycles. The van der Waals surface area contributed by atoms with Gasteiger partial charge in [-0.2, -0.15) is 0 Å². The average Bonchev–Trinajstić information content (AvgIpc) is 3.39. The number of piperazine rings is 1. The zero-order valence-corrected chi connectivity index (χ0v) is 20.4. The van der Waals surface area contributed by atoms with Gasteiger partial charge in [-0.25, -0.2) is 0 Å². The topological polar surface area (TPSA) is 57.9 Å². The number of rotatable bonds is 5. The molecule has 1 fully saturated rings. The van der Waals surface area contributed by atoms with Crippen LogP contribution in [0.4, 0.5) is 0 Å². The molecule has 6 heteroatoms. The molecule has 2 aliphatic rings. The predicted molar refractivity (Wildman–Crippen MR) is 141 cm³/mol. The number of nitrogens with zero attached hydrogens (tertiary/aromatic N) is 3. The first-order valence-electron chi connectivity index (χ1n) is 12.4. The van der Waals surface area contributed by atoms with E-state index in [0.717, 1.165) is 49.2 Å². The largest absolute Gasteiger partial charge is 0.507 e. The highest BCUT2D eigenvalue weighted by Crippen LogP contribution is 2.40. The summed E-state index contributed by atoms with van der Waals surface area (Å²) in [5, 5.41) is 11.8. The highest BCUT2D eigenvalue weighted by Gasteiger charge is 2.32. The molecule has 6 rings (SSSR count). The van der Waals surface area contributed by atoms with Gasteiger partial charge in [0.25, 0.3) is 0 Å². The molecule has 0 aliphatic carbocycles. The van der Waals surface area contributed by atoms with Crippen LogP contribution in [0.2, 0.25) is 0 Å². The molecule has 182 valence electrons. The summed E-state index contributed by atoms with van der Waals surface area (Å²) in [6.07, 6.45) is 3.82. The Morgan fingerprint density at radius 3 is 2.36 bits per heavy atom. The number of aromatic nitrogens is 1. The summed E-state index contributed by atoms with van der Waals surface area (Å²) in [5.41, 5.74) is 4.54. The van der Waals surface area contributed by atoms with E-state index in [1.165, 1.54) is 5.56 Å². The number of Topliss-reactive ketones (excluding diaryl/α,β-unsaturated/α-hetero) is 1. The second-order valence-electron chi connectivity index (χ2n) is 9.63. The number of hydrogen-bond donors (Lipinski definition) is 1. The summed E-state index contributed by atoms with van der Waals surface area (Å²) in [4.78, 5) is 18.0. The summed E-state index contributed by atoms with van der Waals surface area (Å²) < 4.78 is 8.18. The van der Waals surface area contributed by atoms with Gasteiger partial charge in [-0.15, -0.1) is 0 Å². The second kappa shape index (κ2) is 9.30. The smallest absolute Gasteiger partial charge is 0.231 e. The molecule has 0 radical (unpaired) electrons. The normalized spacial score (nSPS) is 17.6. The lowest BCUT2D eigenvalue weighted by Gasteiger charge is -2.35. The third kappa shape index (κ3) is 4.19. The van der Waals surface area contributed by atoms with E-state index in [0.29, 0.717) is 29.2 Å². The number of aryl methyl sites for hydroxylation is 1. The fourth-order valence-corrected chi connectivity index (χ4v) is 5.25. The van der Waals surface area contributed by atoms with E-state index in [1.807, 2.05) is 48.2 Å². The van der Waals surface area contributed by atoms with Crippen molar-refractivity contribution in [2.24, 2.45) is 7.05 Å². The highest BCUT2D eigenvalue weighted by atomic mass is 16.5. The lowest BCUT2D eigenvalue weighted by molar-refractivity contribution is 0.101. The second-order valence-corrected chi connectivity index (χ2v) is 9.63. The van der Waals surface area contributed by atoms with Gasteiger partial charge in [0.15, 0.2) is 5.76 Å². The fourth-order valence-electron chi connectivity index (χ4n) is 5.25. The molecule has 6 nitrogen and oxygen atoms in total. The molecule has 0 atom stereocenters.